The summed E-state index contributed by atoms with van der Waals surface area (Å²) in [5, 5.41) is 5.65. The van der Waals surface area contributed by atoms with Crippen LogP contribution in [-0.4, -0.2) is 38.6 Å². The van der Waals surface area contributed by atoms with Gasteiger partial charge in [-0.1, -0.05) is 6.07 Å². The Hall–Kier alpha value is -4.61. The van der Waals surface area contributed by atoms with Crippen molar-refractivity contribution >= 4 is 17.4 Å². The summed E-state index contributed by atoms with van der Waals surface area (Å²) in [5.41, 5.74) is 0.821. The third kappa shape index (κ3) is 5.17. The zero-order valence-corrected chi connectivity index (χ0v) is 19.8. The molecule has 0 unspecified atom stereocenters. The lowest BCUT2D eigenvalue weighted by Gasteiger charge is -2.20. The molecule has 0 radical (unpaired) electrons. The van der Waals surface area contributed by atoms with E-state index in [0.717, 1.165) is 12.1 Å². The molecule has 37 heavy (non-hydrogen) atoms. The van der Waals surface area contributed by atoms with Crippen molar-refractivity contribution in [2.24, 2.45) is 0 Å². The summed E-state index contributed by atoms with van der Waals surface area (Å²) >= 11 is 0. The van der Waals surface area contributed by atoms with Crippen LogP contribution in [0.4, 0.5) is 24.7 Å². The number of ether oxygens (including phenoxy) is 2. The first-order chi connectivity index (χ1) is 17.7. The van der Waals surface area contributed by atoms with E-state index in [2.05, 4.69) is 25.6 Å². The SMILES string of the molecule is Cc1cn(-c2cc(NC(=O)c3ccc(C)c(Oc4ncnc5c4OCCN5)c3)cc(C(F)(F)F)c2)cn1. The third-order valence-electron chi connectivity index (χ3n) is 5.58. The Labute approximate surface area is 209 Å². The van der Waals surface area contributed by atoms with Gasteiger partial charge in [0.1, 0.15) is 18.7 Å². The number of alkyl halides is 3. The number of nitrogens with one attached hydrogen (secondary N) is 2. The Morgan fingerprint density at radius 2 is 1.97 bits per heavy atom. The second-order valence-electron chi connectivity index (χ2n) is 8.36. The summed E-state index contributed by atoms with van der Waals surface area (Å²) in [6, 6.07) is 8.03. The van der Waals surface area contributed by atoms with Gasteiger partial charge in [0.15, 0.2) is 5.82 Å². The lowest BCUT2D eigenvalue weighted by Crippen LogP contribution is -2.19. The smallest absolute Gasteiger partial charge is 0.416 e. The number of rotatable bonds is 5. The van der Waals surface area contributed by atoms with Crippen LogP contribution in [0.1, 0.15) is 27.2 Å². The fourth-order valence-corrected chi connectivity index (χ4v) is 3.73. The van der Waals surface area contributed by atoms with Gasteiger partial charge in [0.2, 0.25) is 5.75 Å². The maximum absolute atomic E-state index is 13.6. The predicted octanol–water partition coefficient (Wildman–Crippen LogP) is 5.15. The van der Waals surface area contributed by atoms with Crippen molar-refractivity contribution in [2.45, 2.75) is 20.0 Å². The number of anilines is 2. The molecule has 1 amide bonds. The van der Waals surface area contributed by atoms with E-state index in [9.17, 15) is 18.0 Å². The first-order valence-electron chi connectivity index (χ1n) is 11.2. The quantitative estimate of drug-likeness (QED) is 0.383. The van der Waals surface area contributed by atoms with Crippen molar-refractivity contribution in [1.82, 2.24) is 19.5 Å². The van der Waals surface area contributed by atoms with E-state index >= 15 is 0 Å². The van der Waals surface area contributed by atoms with Crippen molar-refractivity contribution in [1.29, 1.82) is 0 Å². The lowest BCUT2D eigenvalue weighted by molar-refractivity contribution is -0.137. The van der Waals surface area contributed by atoms with Crippen LogP contribution in [0, 0.1) is 13.8 Å². The van der Waals surface area contributed by atoms with Crippen LogP contribution in [0.5, 0.6) is 17.4 Å². The Bertz CT molecular complexity index is 1490. The molecule has 4 aromatic rings. The van der Waals surface area contributed by atoms with E-state index in [1.165, 1.54) is 29.4 Å². The van der Waals surface area contributed by atoms with Crippen molar-refractivity contribution < 1.29 is 27.4 Å². The Kier molecular flexibility index (Phi) is 6.15. The molecule has 190 valence electrons. The van der Waals surface area contributed by atoms with E-state index in [1.54, 1.807) is 32.2 Å². The molecule has 0 bridgehead atoms. The number of amides is 1. The summed E-state index contributed by atoms with van der Waals surface area (Å²) in [4.78, 5) is 25.4. The number of carbonyl (C=O) groups excluding carboxylic acids is 1. The van der Waals surface area contributed by atoms with Gasteiger partial charge in [0.25, 0.3) is 11.8 Å². The van der Waals surface area contributed by atoms with Gasteiger partial charge in [0, 0.05) is 23.1 Å². The zero-order valence-electron chi connectivity index (χ0n) is 19.8. The van der Waals surface area contributed by atoms with Crippen molar-refractivity contribution in [3.8, 4) is 23.1 Å². The molecule has 2 aromatic heterocycles. The van der Waals surface area contributed by atoms with Crippen LogP contribution >= 0.6 is 0 Å². The van der Waals surface area contributed by atoms with Gasteiger partial charge in [-0.05, 0) is 49.7 Å². The third-order valence-corrected chi connectivity index (χ3v) is 5.58. The molecule has 0 atom stereocenters. The number of aromatic nitrogens is 4. The van der Waals surface area contributed by atoms with Gasteiger partial charge in [-0.15, -0.1) is 0 Å². The molecule has 0 aliphatic carbocycles. The molecule has 2 aromatic carbocycles. The summed E-state index contributed by atoms with van der Waals surface area (Å²) in [6.07, 6.45) is -0.279. The Morgan fingerprint density at radius 3 is 2.73 bits per heavy atom. The second kappa shape index (κ2) is 9.45. The summed E-state index contributed by atoms with van der Waals surface area (Å²) in [6.45, 7) is 4.52. The number of nitrogens with zero attached hydrogens (tertiary/aromatic N) is 4. The topological polar surface area (TPSA) is 103 Å². The van der Waals surface area contributed by atoms with Gasteiger partial charge in [-0.25, -0.2) is 9.97 Å². The van der Waals surface area contributed by atoms with Crippen LogP contribution in [0.3, 0.4) is 0 Å². The molecular formula is C25H21F3N6O3. The molecule has 9 nitrogen and oxygen atoms in total. The van der Waals surface area contributed by atoms with Gasteiger partial charge in [-0.3, -0.25) is 4.79 Å². The molecule has 12 heteroatoms. The van der Waals surface area contributed by atoms with E-state index < -0.39 is 17.6 Å². The molecule has 1 aliphatic heterocycles. The number of imidazole rings is 1. The first kappa shape index (κ1) is 24.1. The summed E-state index contributed by atoms with van der Waals surface area (Å²) in [5.74, 6) is 0.752. The van der Waals surface area contributed by atoms with Crippen LogP contribution in [0.15, 0.2) is 55.2 Å². The average molecular weight is 510 g/mol. The highest BCUT2D eigenvalue weighted by atomic mass is 19.4. The standard InChI is InChI=1S/C25H21F3N6O3/c1-14-3-4-16(7-20(14)37-24-21-22(30-12-31-24)29-5-6-36-21)23(35)33-18-8-17(25(26,27)28)9-19(10-18)34-11-15(2)32-13-34/h3-4,7-13H,5-6H2,1-2H3,(H,33,35)(H,29,30,31). The molecule has 0 saturated carbocycles. The van der Waals surface area contributed by atoms with Gasteiger partial charge in [-0.2, -0.15) is 18.2 Å². The summed E-state index contributed by atoms with van der Waals surface area (Å²) < 4.78 is 53.7. The highest BCUT2D eigenvalue weighted by Gasteiger charge is 2.31. The minimum atomic E-state index is -4.61. The van der Waals surface area contributed by atoms with Crippen molar-refractivity contribution in [3.63, 3.8) is 0 Å². The van der Waals surface area contributed by atoms with Crippen LogP contribution in [0.25, 0.3) is 5.69 Å². The van der Waals surface area contributed by atoms with Gasteiger partial charge < -0.3 is 24.7 Å². The fraction of sp³-hybridized carbons (Fsp3) is 0.200. The molecular weight excluding hydrogens is 489 g/mol. The molecule has 1 aliphatic rings. The van der Waals surface area contributed by atoms with E-state index in [4.69, 9.17) is 9.47 Å². The van der Waals surface area contributed by atoms with Crippen LogP contribution < -0.4 is 20.1 Å². The second-order valence-corrected chi connectivity index (χ2v) is 8.36. The number of hydrogen-bond acceptors (Lipinski definition) is 7. The predicted molar refractivity (Wildman–Crippen MR) is 129 cm³/mol. The molecule has 3 heterocycles. The maximum atomic E-state index is 13.6. The minimum Gasteiger partial charge on any atom is -0.483 e. The largest absolute Gasteiger partial charge is 0.483 e. The number of aryl methyl sites for hydroxylation is 2. The molecule has 0 saturated heterocycles. The summed E-state index contributed by atoms with van der Waals surface area (Å²) in [7, 11) is 0. The maximum Gasteiger partial charge on any atom is 0.416 e. The number of hydrogen-bond donors (Lipinski definition) is 2. The first-order valence-corrected chi connectivity index (χ1v) is 11.2. The Balaban J connectivity index is 1.43. The number of carbonyl (C=O) groups is 1. The minimum absolute atomic E-state index is 0.0198. The van der Waals surface area contributed by atoms with Gasteiger partial charge >= 0.3 is 6.18 Å². The number of fused-ring (bicyclic) bond motifs is 1. The van der Waals surface area contributed by atoms with E-state index in [1.807, 2.05) is 0 Å². The van der Waals surface area contributed by atoms with Crippen molar-refractivity contribution in [2.75, 3.05) is 23.8 Å². The highest BCUT2D eigenvalue weighted by Crippen LogP contribution is 2.37. The molecule has 2 N–H and O–H groups in total. The normalized spacial score (nSPS) is 12.8. The van der Waals surface area contributed by atoms with Crippen LogP contribution in [-0.2, 0) is 6.18 Å². The van der Waals surface area contributed by atoms with Crippen molar-refractivity contribution in [3.05, 3.63) is 77.6 Å². The zero-order chi connectivity index (χ0) is 26.2. The molecule has 0 fully saturated rings. The molecule has 5 rings (SSSR count). The van der Waals surface area contributed by atoms with Gasteiger partial charge in [0.05, 0.1) is 24.1 Å². The average Bonchev–Trinajstić information content (AvgIpc) is 3.31. The van der Waals surface area contributed by atoms with E-state index in [0.29, 0.717) is 41.7 Å². The van der Waals surface area contributed by atoms with E-state index in [-0.39, 0.29) is 22.8 Å². The number of halogens is 3. The van der Waals surface area contributed by atoms with Crippen LogP contribution in [0.2, 0.25) is 0 Å². The molecule has 0 spiro atoms. The Morgan fingerprint density at radius 1 is 1.14 bits per heavy atom. The fourth-order valence-electron chi connectivity index (χ4n) is 3.73. The lowest BCUT2D eigenvalue weighted by atomic mass is 10.1. The highest BCUT2D eigenvalue weighted by molar-refractivity contribution is 6.04. The monoisotopic (exact) mass is 510 g/mol. The number of benzene rings is 2.